The van der Waals surface area contributed by atoms with Crippen LogP contribution in [0.4, 0.5) is 13.2 Å². The first kappa shape index (κ1) is 15.3. The molecular formula is C13H11F3N2O2S. The summed E-state index contributed by atoms with van der Waals surface area (Å²) < 4.78 is 43.2. The summed E-state index contributed by atoms with van der Waals surface area (Å²) in [6.07, 6.45) is -2.05. The molecule has 2 rings (SSSR count). The lowest BCUT2D eigenvalue weighted by molar-refractivity contribution is -0.139. The molecule has 2 aromatic rings. The Morgan fingerprint density at radius 2 is 2.19 bits per heavy atom. The van der Waals surface area contributed by atoms with E-state index in [9.17, 15) is 18.0 Å². The van der Waals surface area contributed by atoms with Crippen molar-refractivity contribution < 1.29 is 22.5 Å². The average molecular weight is 316 g/mol. The number of thiophene rings is 1. The van der Waals surface area contributed by atoms with Crippen LogP contribution in [0.1, 0.15) is 16.8 Å². The second kappa shape index (κ2) is 6.13. The maximum Gasteiger partial charge on any atom is 0.417 e. The molecule has 0 aromatic carbocycles. The van der Waals surface area contributed by atoms with Gasteiger partial charge < -0.3 is 9.42 Å². The highest BCUT2D eigenvalue weighted by Crippen LogP contribution is 2.34. The molecule has 21 heavy (non-hydrogen) atoms. The SMILES string of the molecule is C=CC(=O)N(Cc1ccon1)Cc1cscc1C(F)(F)F. The van der Waals surface area contributed by atoms with Gasteiger partial charge in [-0.3, -0.25) is 4.79 Å². The molecule has 0 atom stereocenters. The topological polar surface area (TPSA) is 46.3 Å². The molecule has 0 N–H and O–H groups in total. The highest BCUT2D eigenvalue weighted by molar-refractivity contribution is 7.08. The molecule has 0 fully saturated rings. The van der Waals surface area contributed by atoms with Crippen LogP contribution in [0, 0.1) is 0 Å². The van der Waals surface area contributed by atoms with Crippen LogP contribution in [0.5, 0.6) is 0 Å². The lowest BCUT2D eigenvalue weighted by Gasteiger charge is -2.20. The van der Waals surface area contributed by atoms with Gasteiger partial charge in [0.15, 0.2) is 0 Å². The van der Waals surface area contributed by atoms with Gasteiger partial charge in [0.25, 0.3) is 0 Å². The first-order chi connectivity index (χ1) is 9.91. The normalized spacial score (nSPS) is 11.4. The summed E-state index contributed by atoms with van der Waals surface area (Å²) in [4.78, 5) is 13.0. The van der Waals surface area contributed by atoms with Crippen molar-refractivity contribution in [2.24, 2.45) is 0 Å². The number of hydrogen-bond donors (Lipinski definition) is 0. The fourth-order valence-electron chi connectivity index (χ4n) is 1.76. The summed E-state index contributed by atoms with van der Waals surface area (Å²) >= 11 is 0.944. The summed E-state index contributed by atoms with van der Waals surface area (Å²) in [5, 5.41) is 6.06. The second-order valence-electron chi connectivity index (χ2n) is 4.20. The van der Waals surface area contributed by atoms with Crippen molar-refractivity contribution in [3.63, 3.8) is 0 Å². The third kappa shape index (κ3) is 3.72. The minimum absolute atomic E-state index is 0.0474. The number of nitrogens with zero attached hydrogens (tertiary/aromatic N) is 2. The third-order valence-electron chi connectivity index (χ3n) is 2.74. The number of carbonyl (C=O) groups excluding carboxylic acids is 1. The maximum absolute atomic E-state index is 12.8. The molecule has 2 aromatic heterocycles. The zero-order valence-electron chi connectivity index (χ0n) is 10.8. The van der Waals surface area contributed by atoms with E-state index in [1.54, 1.807) is 6.07 Å². The van der Waals surface area contributed by atoms with E-state index in [0.717, 1.165) is 22.8 Å². The van der Waals surface area contributed by atoms with Gasteiger partial charge in [-0.25, -0.2) is 0 Å². The van der Waals surface area contributed by atoms with E-state index < -0.39 is 17.6 Å². The van der Waals surface area contributed by atoms with Crippen LogP contribution in [0.2, 0.25) is 0 Å². The van der Waals surface area contributed by atoms with E-state index in [2.05, 4.69) is 16.3 Å². The van der Waals surface area contributed by atoms with E-state index in [-0.39, 0.29) is 18.7 Å². The van der Waals surface area contributed by atoms with Crippen molar-refractivity contribution in [1.82, 2.24) is 10.1 Å². The first-order valence-corrected chi connectivity index (χ1v) is 6.79. The summed E-state index contributed by atoms with van der Waals surface area (Å²) in [6, 6.07) is 1.54. The Labute approximate surface area is 122 Å². The van der Waals surface area contributed by atoms with Crippen LogP contribution in [0.3, 0.4) is 0 Å². The molecule has 0 unspecified atom stereocenters. The first-order valence-electron chi connectivity index (χ1n) is 5.84. The molecule has 0 bridgehead atoms. The fraction of sp³-hybridized carbons (Fsp3) is 0.231. The number of amides is 1. The number of hydrogen-bond acceptors (Lipinski definition) is 4. The summed E-state index contributed by atoms with van der Waals surface area (Å²) in [5.41, 5.74) is -0.227. The number of halogens is 3. The van der Waals surface area contributed by atoms with Crippen molar-refractivity contribution in [3.8, 4) is 0 Å². The van der Waals surface area contributed by atoms with Crippen molar-refractivity contribution >= 4 is 17.2 Å². The monoisotopic (exact) mass is 316 g/mol. The zero-order valence-corrected chi connectivity index (χ0v) is 11.6. The van der Waals surface area contributed by atoms with Crippen molar-refractivity contribution in [2.45, 2.75) is 19.3 Å². The van der Waals surface area contributed by atoms with E-state index in [1.165, 1.54) is 16.5 Å². The van der Waals surface area contributed by atoms with Crippen LogP contribution in [0.25, 0.3) is 0 Å². The van der Waals surface area contributed by atoms with Crippen LogP contribution in [-0.2, 0) is 24.1 Å². The van der Waals surface area contributed by atoms with Crippen molar-refractivity contribution in [3.05, 3.63) is 52.6 Å². The molecule has 4 nitrogen and oxygen atoms in total. The predicted octanol–water partition coefficient (Wildman–Crippen LogP) is 3.47. The Bertz CT molecular complexity index is 620. The van der Waals surface area contributed by atoms with Gasteiger partial charge in [-0.2, -0.15) is 24.5 Å². The Kier molecular flexibility index (Phi) is 4.46. The molecular weight excluding hydrogens is 305 g/mol. The molecule has 0 aliphatic carbocycles. The molecule has 0 spiro atoms. The lowest BCUT2D eigenvalue weighted by atomic mass is 10.1. The summed E-state index contributed by atoms with van der Waals surface area (Å²) in [6.45, 7) is 3.24. The maximum atomic E-state index is 12.8. The Morgan fingerprint density at radius 1 is 1.43 bits per heavy atom. The Morgan fingerprint density at radius 3 is 2.76 bits per heavy atom. The summed E-state index contributed by atoms with van der Waals surface area (Å²) in [7, 11) is 0. The largest absolute Gasteiger partial charge is 0.417 e. The highest BCUT2D eigenvalue weighted by Gasteiger charge is 2.34. The molecule has 0 saturated heterocycles. The number of carbonyl (C=O) groups is 1. The number of aromatic nitrogens is 1. The van der Waals surface area contributed by atoms with Gasteiger partial charge in [0.2, 0.25) is 5.91 Å². The van der Waals surface area contributed by atoms with Gasteiger partial charge in [0.05, 0.1) is 12.1 Å². The van der Waals surface area contributed by atoms with Gasteiger partial charge in [-0.1, -0.05) is 11.7 Å². The van der Waals surface area contributed by atoms with Crippen LogP contribution >= 0.6 is 11.3 Å². The van der Waals surface area contributed by atoms with Gasteiger partial charge in [-0.05, 0) is 17.0 Å². The standard InChI is InChI=1S/C13H11F3N2O2S/c1-2-12(19)18(6-10-3-4-20-17-10)5-9-7-21-8-11(9)13(14,15)16/h2-4,7-8H,1,5-6H2. The number of rotatable bonds is 5. The van der Waals surface area contributed by atoms with Gasteiger partial charge >= 0.3 is 6.18 Å². The summed E-state index contributed by atoms with van der Waals surface area (Å²) in [5.74, 6) is -0.475. The number of alkyl halides is 3. The smallest absolute Gasteiger partial charge is 0.364 e. The molecule has 1 amide bonds. The molecule has 0 radical (unpaired) electrons. The minimum atomic E-state index is -4.44. The Balaban J connectivity index is 2.21. The molecule has 112 valence electrons. The zero-order chi connectivity index (χ0) is 15.5. The van der Waals surface area contributed by atoms with E-state index in [1.807, 2.05) is 0 Å². The van der Waals surface area contributed by atoms with Crippen LogP contribution < -0.4 is 0 Å². The molecule has 0 aliphatic heterocycles. The van der Waals surface area contributed by atoms with Crippen molar-refractivity contribution in [2.75, 3.05) is 0 Å². The predicted molar refractivity (Wildman–Crippen MR) is 70.3 cm³/mol. The fourth-order valence-corrected chi connectivity index (χ4v) is 2.61. The van der Waals surface area contributed by atoms with Crippen LogP contribution in [0.15, 0.2) is 40.3 Å². The quantitative estimate of drug-likeness (QED) is 0.794. The molecule has 8 heteroatoms. The minimum Gasteiger partial charge on any atom is -0.364 e. The molecule has 0 aliphatic rings. The van der Waals surface area contributed by atoms with Crippen LogP contribution in [-0.4, -0.2) is 16.0 Å². The highest BCUT2D eigenvalue weighted by atomic mass is 32.1. The third-order valence-corrected chi connectivity index (χ3v) is 3.53. The van der Waals surface area contributed by atoms with Gasteiger partial charge in [0.1, 0.15) is 12.0 Å². The molecule has 0 saturated carbocycles. The van der Waals surface area contributed by atoms with Gasteiger partial charge in [0, 0.05) is 18.0 Å². The average Bonchev–Trinajstić information content (AvgIpc) is 3.07. The van der Waals surface area contributed by atoms with E-state index in [4.69, 9.17) is 0 Å². The second-order valence-corrected chi connectivity index (χ2v) is 4.94. The van der Waals surface area contributed by atoms with Gasteiger partial charge in [-0.15, -0.1) is 0 Å². The lowest BCUT2D eigenvalue weighted by Crippen LogP contribution is -2.29. The Hall–Kier alpha value is -2.09. The van der Waals surface area contributed by atoms with Crippen molar-refractivity contribution in [1.29, 1.82) is 0 Å². The van der Waals surface area contributed by atoms with E-state index in [0.29, 0.717) is 5.69 Å². The molecule has 2 heterocycles. The van der Waals surface area contributed by atoms with E-state index >= 15 is 0 Å².